The lowest BCUT2D eigenvalue weighted by Crippen LogP contribution is -2.17. The van der Waals surface area contributed by atoms with Crippen molar-refractivity contribution in [3.05, 3.63) is 39.9 Å². The third-order valence-electron chi connectivity index (χ3n) is 2.11. The van der Waals surface area contributed by atoms with Crippen molar-refractivity contribution in [3.8, 4) is 12.3 Å². The molecule has 1 aromatic carbocycles. The number of nitro groups is 1. The molecule has 90 valence electrons. The van der Waals surface area contributed by atoms with E-state index in [1.807, 2.05) is 0 Å². The van der Waals surface area contributed by atoms with E-state index in [0.717, 1.165) is 12.3 Å². The van der Waals surface area contributed by atoms with Gasteiger partial charge in [-0.3, -0.25) is 10.1 Å². The van der Waals surface area contributed by atoms with Crippen molar-refractivity contribution in [1.82, 2.24) is 5.32 Å². The molecule has 0 saturated carbocycles. The molecular formula is C12H14N2O2S. The lowest BCUT2D eigenvalue weighted by Gasteiger charge is -2.04. The average Bonchev–Trinajstić information content (AvgIpc) is 2.34. The second-order valence-electron chi connectivity index (χ2n) is 3.32. The molecule has 0 spiro atoms. The Morgan fingerprint density at radius 2 is 2.24 bits per heavy atom. The molecule has 1 aromatic rings. The van der Waals surface area contributed by atoms with Crippen LogP contribution in [0.4, 0.5) is 5.69 Å². The zero-order valence-corrected chi connectivity index (χ0v) is 10.2. The number of nitrogens with one attached hydrogen (secondary N) is 1. The van der Waals surface area contributed by atoms with E-state index in [2.05, 4.69) is 11.2 Å². The average molecular weight is 250 g/mol. The van der Waals surface area contributed by atoms with E-state index in [1.165, 1.54) is 6.07 Å². The fraction of sp³-hybridized carbons (Fsp3) is 0.333. The number of rotatable bonds is 7. The molecule has 0 radical (unpaired) electrons. The fourth-order valence-corrected chi connectivity index (χ4v) is 1.89. The normalized spacial score (nSPS) is 9.82. The molecule has 4 nitrogen and oxygen atoms in total. The van der Waals surface area contributed by atoms with Crippen LogP contribution in [0.3, 0.4) is 0 Å². The van der Waals surface area contributed by atoms with Gasteiger partial charge in [0.15, 0.2) is 0 Å². The summed E-state index contributed by atoms with van der Waals surface area (Å²) in [4.78, 5) is 10.4. The highest BCUT2D eigenvalue weighted by atomic mass is 32.2. The Morgan fingerprint density at radius 3 is 2.94 bits per heavy atom. The predicted octanol–water partition coefficient (Wildman–Crippen LogP) is 2.05. The van der Waals surface area contributed by atoms with Crippen molar-refractivity contribution >= 4 is 17.4 Å². The molecule has 0 fully saturated rings. The van der Waals surface area contributed by atoms with E-state index in [4.69, 9.17) is 6.42 Å². The van der Waals surface area contributed by atoms with Gasteiger partial charge in [0, 0.05) is 30.5 Å². The smallest absolute Gasteiger partial charge is 0.273 e. The number of terminal acetylenes is 1. The summed E-state index contributed by atoms with van der Waals surface area (Å²) in [6.07, 6.45) is 5.12. The molecule has 17 heavy (non-hydrogen) atoms. The Hall–Kier alpha value is -1.51. The highest BCUT2D eigenvalue weighted by Gasteiger charge is 2.10. The summed E-state index contributed by atoms with van der Waals surface area (Å²) >= 11 is 1.67. The van der Waals surface area contributed by atoms with Gasteiger partial charge in [-0.15, -0.1) is 18.2 Å². The van der Waals surface area contributed by atoms with Crippen LogP contribution >= 0.6 is 11.8 Å². The molecule has 0 aromatic heterocycles. The van der Waals surface area contributed by atoms with Crippen LogP contribution in [0.1, 0.15) is 5.56 Å². The molecule has 0 atom stereocenters. The van der Waals surface area contributed by atoms with Crippen LogP contribution < -0.4 is 5.32 Å². The van der Waals surface area contributed by atoms with Gasteiger partial charge in [0.25, 0.3) is 5.69 Å². The zero-order valence-electron chi connectivity index (χ0n) is 9.39. The van der Waals surface area contributed by atoms with Crippen LogP contribution in [0, 0.1) is 22.5 Å². The molecule has 0 aliphatic carbocycles. The first-order valence-corrected chi connectivity index (χ1v) is 6.35. The zero-order chi connectivity index (χ0) is 12.5. The Labute approximate surface area is 105 Å². The van der Waals surface area contributed by atoms with Gasteiger partial charge in [0.2, 0.25) is 0 Å². The Morgan fingerprint density at radius 1 is 1.47 bits per heavy atom. The van der Waals surface area contributed by atoms with Crippen LogP contribution in [0.2, 0.25) is 0 Å². The molecule has 1 rings (SSSR count). The number of nitro benzene ring substituents is 1. The summed E-state index contributed by atoms with van der Waals surface area (Å²) in [5.74, 6) is 4.16. The molecule has 0 bridgehead atoms. The molecule has 0 unspecified atom stereocenters. The van der Waals surface area contributed by atoms with Gasteiger partial charge < -0.3 is 5.32 Å². The van der Waals surface area contributed by atoms with Crippen molar-refractivity contribution in [1.29, 1.82) is 0 Å². The van der Waals surface area contributed by atoms with Crippen molar-refractivity contribution < 1.29 is 4.92 Å². The second kappa shape index (κ2) is 7.71. The first-order chi connectivity index (χ1) is 8.25. The maximum Gasteiger partial charge on any atom is 0.273 e. The Balaban J connectivity index is 2.37. The number of hydrogen-bond acceptors (Lipinski definition) is 4. The number of nitrogens with zero attached hydrogens (tertiary/aromatic N) is 1. The first kappa shape index (κ1) is 13.6. The molecule has 0 saturated heterocycles. The van der Waals surface area contributed by atoms with Crippen LogP contribution in [0.5, 0.6) is 0 Å². The molecule has 0 amide bonds. The van der Waals surface area contributed by atoms with E-state index in [9.17, 15) is 10.1 Å². The quantitative estimate of drug-likeness (QED) is 0.348. The number of para-hydroxylation sites is 1. The van der Waals surface area contributed by atoms with Gasteiger partial charge >= 0.3 is 0 Å². The fourth-order valence-electron chi connectivity index (χ4n) is 1.34. The van der Waals surface area contributed by atoms with Crippen molar-refractivity contribution in [2.24, 2.45) is 0 Å². The van der Waals surface area contributed by atoms with E-state index >= 15 is 0 Å². The highest BCUT2D eigenvalue weighted by molar-refractivity contribution is 7.99. The van der Waals surface area contributed by atoms with Crippen LogP contribution in [0.25, 0.3) is 0 Å². The summed E-state index contributed by atoms with van der Waals surface area (Å²) in [5, 5.41) is 13.9. The summed E-state index contributed by atoms with van der Waals surface area (Å²) in [6, 6.07) is 6.76. The van der Waals surface area contributed by atoms with E-state index < -0.39 is 0 Å². The van der Waals surface area contributed by atoms with Crippen molar-refractivity contribution in [2.75, 3.05) is 18.1 Å². The minimum Gasteiger partial charge on any atom is -0.312 e. The van der Waals surface area contributed by atoms with Gasteiger partial charge in [0.1, 0.15) is 0 Å². The summed E-state index contributed by atoms with van der Waals surface area (Å²) in [6.45, 7) is 1.30. The molecule has 0 heterocycles. The van der Waals surface area contributed by atoms with Gasteiger partial charge in [-0.2, -0.15) is 0 Å². The maximum absolute atomic E-state index is 10.7. The second-order valence-corrected chi connectivity index (χ2v) is 4.42. The number of thioether (sulfide) groups is 1. The lowest BCUT2D eigenvalue weighted by atomic mass is 10.2. The van der Waals surface area contributed by atoms with Crippen molar-refractivity contribution in [2.45, 2.75) is 6.54 Å². The van der Waals surface area contributed by atoms with Gasteiger partial charge in [0.05, 0.1) is 10.7 Å². The number of benzene rings is 1. The molecule has 0 aliphatic rings. The monoisotopic (exact) mass is 250 g/mol. The summed E-state index contributed by atoms with van der Waals surface area (Å²) < 4.78 is 0. The topological polar surface area (TPSA) is 55.2 Å². The third kappa shape index (κ3) is 4.89. The maximum atomic E-state index is 10.7. The van der Waals surface area contributed by atoms with E-state index in [0.29, 0.717) is 17.9 Å². The number of hydrogen-bond donors (Lipinski definition) is 1. The van der Waals surface area contributed by atoms with Crippen LogP contribution in [-0.2, 0) is 6.54 Å². The Bertz CT molecular complexity index is 415. The SMILES string of the molecule is C#CCSCCNCc1ccccc1[N+](=O)[O-]. The molecule has 5 heteroatoms. The molecule has 1 N–H and O–H groups in total. The van der Waals surface area contributed by atoms with Crippen LogP contribution in [0.15, 0.2) is 24.3 Å². The summed E-state index contributed by atoms with van der Waals surface area (Å²) in [5.41, 5.74) is 0.871. The van der Waals surface area contributed by atoms with Gasteiger partial charge in [-0.05, 0) is 0 Å². The first-order valence-electron chi connectivity index (χ1n) is 5.20. The summed E-state index contributed by atoms with van der Waals surface area (Å²) in [7, 11) is 0. The molecule has 0 aliphatic heterocycles. The van der Waals surface area contributed by atoms with Gasteiger partial charge in [-0.25, -0.2) is 0 Å². The highest BCUT2D eigenvalue weighted by Crippen LogP contribution is 2.16. The molecular weight excluding hydrogens is 236 g/mol. The minimum atomic E-state index is -0.357. The standard InChI is InChI=1S/C12H14N2O2S/c1-2-8-17-9-7-13-10-11-5-3-4-6-12(11)14(15)16/h1,3-6,13H,7-10H2. The van der Waals surface area contributed by atoms with Gasteiger partial charge in [-0.1, -0.05) is 24.1 Å². The third-order valence-corrected chi connectivity index (χ3v) is 2.98. The van der Waals surface area contributed by atoms with E-state index in [-0.39, 0.29) is 10.6 Å². The minimum absolute atomic E-state index is 0.163. The van der Waals surface area contributed by atoms with E-state index in [1.54, 1.807) is 30.0 Å². The van der Waals surface area contributed by atoms with Crippen LogP contribution in [-0.4, -0.2) is 23.0 Å². The van der Waals surface area contributed by atoms with Crippen molar-refractivity contribution in [3.63, 3.8) is 0 Å². The lowest BCUT2D eigenvalue weighted by molar-refractivity contribution is -0.385. The largest absolute Gasteiger partial charge is 0.312 e. The Kier molecular flexibility index (Phi) is 6.15. The predicted molar refractivity (Wildman–Crippen MR) is 71.0 cm³/mol.